The number of benzene rings is 6. The smallest absolute Gasteiger partial charge is 0.160 e. The molecule has 3 heteroatoms. The molecule has 2 aliphatic carbocycles. The average Bonchev–Trinajstić information content (AvgIpc) is 3.55. The van der Waals surface area contributed by atoms with Crippen molar-refractivity contribution < 1.29 is 0 Å². The minimum Gasteiger partial charge on any atom is -0.313 e. The maximum Gasteiger partial charge on any atom is 0.160 e. The summed E-state index contributed by atoms with van der Waals surface area (Å²) < 4.78 is 2.47. The monoisotopic (exact) mass is 653 g/mol. The van der Waals surface area contributed by atoms with Gasteiger partial charge in [0.25, 0.3) is 0 Å². The number of aromatic nitrogens is 3. The molecule has 2 heterocycles. The molecule has 0 atom stereocenters. The Labute approximate surface area is 296 Å². The first-order chi connectivity index (χ1) is 25.3. The topological polar surface area (TPSA) is 30.7 Å². The van der Waals surface area contributed by atoms with Crippen molar-refractivity contribution in [1.82, 2.24) is 14.5 Å². The van der Waals surface area contributed by atoms with E-state index in [0.717, 1.165) is 59.2 Å². The van der Waals surface area contributed by atoms with Crippen LogP contribution in [0.25, 0.3) is 72.2 Å². The van der Waals surface area contributed by atoms with Gasteiger partial charge in [0, 0.05) is 33.0 Å². The molecule has 2 aliphatic rings. The van der Waals surface area contributed by atoms with E-state index in [1.165, 1.54) is 60.2 Å². The first kappa shape index (κ1) is 29.6. The zero-order valence-corrected chi connectivity index (χ0v) is 28.3. The second-order valence-corrected chi connectivity index (χ2v) is 13.6. The Balaban J connectivity index is 1.03. The van der Waals surface area contributed by atoms with Gasteiger partial charge in [-0.2, -0.15) is 0 Å². The zero-order chi connectivity index (χ0) is 33.7. The van der Waals surface area contributed by atoms with E-state index in [4.69, 9.17) is 9.97 Å². The van der Waals surface area contributed by atoms with Gasteiger partial charge in [-0.15, -0.1) is 0 Å². The SMILES string of the molecule is C1=C(C2=c3ccccc3=C(c3ccc(-c4nc(-c5ccccc5)c5ccccc5n4)cc3)CC2)CCC(n2c3ccccc3c3ccccc32)=C1. The summed E-state index contributed by atoms with van der Waals surface area (Å²) in [7, 11) is 0. The third-order valence-electron chi connectivity index (χ3n) is 10.7. The van der Waals surface area contributed by atoms with Gasteiger partial charge in [0.2, 0.25) is 0 Å². The van der Waals surface area contributed by atoms with E-state index in [9.17, 15) is 0 Å². The molecule has 0 radical (unpaired) electrons. The molecule has 0 aliphatic heterocycles. The molecule has 3 nitrogen and oxygen atoms in total. The molecule has 0 unspecified atom stereocenters. The molecule has 2 aromatic heterocycles. The second-order valence-electron chi connectivity index (χ2n) is 13.6. The Morgan fingerprint density at radius 3 is 1.71 bits per heavy atom. The molecule has 8 aromatic rings. The van der Waals surface area contributed by atoms with Gasteiger partial charge in [0.1, 0.15) is 0 Å². The molecular weight excluding hydrogens is 619 g/mol. The Morgan fingerprint density at radius 2 is 1.00 bits per heavy atom. The fraction of sp³-hybridized carbons (Fsp3) is 0.0833. The standard InChI is InChI=1S/C48H35N3/c1-2-12-34(13-3-1)47-43-18-6-9-19-44(43)49-48(50-47)35-24-22-32(23-25-35)37-30-31-38(40-15-5-4-14-39(37)40)33-26-28-36(29-27-33)51-45-20-10-7-16-41(45)42-17-8-11-21-46(42)51/h1-26,28H,27,29-31H2. The molecule has 0 N–H and O–H groups in total. The van der Waals surface area contributed by atoms with Crippen molar-refractivity contribution in [2.45, 2.75) is 25.7 Å². The number of hydrogen-bond donors (Lipinski definition) is 0. The molecule has 0 saturated heterocycles. The van der Waals surface area contributed by atoms with Crippen LogP contribution in [-0.2, 0) is 0 Å². The lowest BCUT2D eigenvalue weighted by Gasteiger charge is -2.23. The summed E-state index contributed by atoms with van der Waals surface area (Å²) in [5, 5.41) is 6.41. The van der Waals surface area contributed by atoms with Crippen molar-refractivity contribution in [3.8, 4) is 22.6 Å². The lowest BCUT2D eigenvalue weighted by Crippen LogP contribution is -2.33. The Morgan fingerprint density at radius 1 is 0.412 bits per heavy atom. The number of allylic oxidation sites excluding steroid dienone is 4. The van der Waals surface area contributed by atoms with Crippen LogP contribution in [0.2, 0.25) is 0 Å². The van der Waals surface area contributed by atoms with Gasteiger partial charge < -0.3 is 4.57 Å². The lowest BCUT2D eigenvalue weighted by atomic mass is 9.84. The predicted molar refractivity (Wildman–Crippen MR) is 212 cm³/mol. The summed E-state index contributed by atoms with van der Waals surface area (Å²) in [5.74, 6) is 0.751. The van der Waals surface area contributed by atoms with Gasteiger partial charge in [0.05, 0.1) is 22.2 Å². The minimum absolute atomic E-state index is 0.751. The van der Waals surface area contributed by atoms with Gasteiger partial charge in [-0.25, -0.2) is 9.97 Å². The fourth-order valence-electron chi connectivity index (χ4n) is 8.30. The van der Waals surface area contributed by atoms with Crippen molar-refractivity contribution in [2.75, 3.05) is 0 Å². The number of para-hydroxylation sites is 3. The second kappa shape index (κ2) is 12.2. The van der Waals surface area contributed by atoms with E-state index in [2.05, 4.69) is 156 Å². The number of hydrogen-bond acceptors (Lipinski definition) is 2. The van der Waals surface area contributed by atoms with Crippen molar-refractivity contribution in [3.05, 3.63) is 185 Å². The highest BCUT2D eigenvalue weighted by Crippen LogP contribution is 2.37. The van der Waals surface area contributed by atoms with Crippen LogP contribution in [-0.4, -0.2) is 14.5 Å². The van der Waals surface area contributed by atoms with Crippen LogP contribution in [0.5, 0.6) is 0 Å². The highest BCUT2D eigenvalue weighted by molar-refractivity contribution is 6.10. The first-order valence-electron chi connectivity index (χ1n) is 17.9. The molecule has 10 rings (SSSR count). The molecular formula is C48H35N3. The van der Waals surface area contributed by atoms with Crippen LogP contribution in [0.15, 0.2) is 169 Å². The number of nitrogens with zero attached hydrogens (tertiary/aromatic N) is 3. The molecule has 0 bridgehead atoms. The molecule has 6 aromatic carbocycles. The minimum atomic E-state index is 0.751. The van der Waals surface area contributed by atoms with E-state index >= 15 is 0 Å². The molecule has 242 valence electrons. The van der Waals surface area contributed by atoms with Gasteiger partial charge >= 0.3 is 0 Å². The van der Waals surface area contributed by atoms with Gasteiger partial charge in [-0.1, -0.05) is 140 Å². The van der Waals surface area contributed by atoms with Gasteiger partial charge in [-0.05, 0) is 82.7 Å². The third-order valence-corrected chi connectivity index (χ3v) is 10.7. The quantitative estimate of drug-likeness (QED) is 0.185. The first-order valence-corrected chi connectivity index (χ1v) is 17.9. The molecule has 0 amide bonds. The maximum atomic E-state index is 5.10. The van der Waals surface area contributed by atoms with Crippen LogP contribution in [0.1, 0.15) is 31.2 Å². The van der Waals surface area contributed by atoms with Gasteiger partial charge in [0.15, 0.2) is 5.82 Å². The predicted octanol–water partition coefficient (Wildman–Crippen LogP) is 10.5. The van der Waals surface area contributed by atoms with Crippen LogP contribution >= 0.6 is 0 Å². The van der Waals surface area contributed by atoms with E-state index < -0.39 is 0 Å². The van der Waals surface area contributed by atoms with E-state index in [-0.39, 0.29) is 0 Å². The van der Waals surface area contributed by atoms with Crippen molar-refractivity contribution in [3.63, 3.8) is 0 Å². The molecule has 0 fully saturated rings. The summed E-state index contributed by atoms with van der Waals surface area (Å²) in [4.78, 5) is 10.1. The summed E-state index contributed by atoms with van der Waals surface area (Å²) in [5.41, 5.74) is 13.6. The number of rotatable bonds is 5. The molecule has 0 saturated carbocycles. The normalized spacial score (nSPS) is 14.5. The van der Waals surface area contributed by atoms with Crippen LogP contribution in [0.3, 0.4) is 0 Å². The molecule has 0 spiro atoms. The zero-order valence-electron chi connectivity index (χ0n) is 28.3. The fourth-order valence-corrected chi connectivity index (χ4v) is 8.30. The highest BCUT2D eigenvalue weighted by atomic mass is 15.0. The Hall–Kier alpha value is -6.32. The summed E-state index contributed by atoms with van der Waals surface area (Å²) in [6.45, 7) is 0. The summed E-state index contributed by atoms with van der Waals surface area (Å²) >= 11 is 0. The third kappa shape index (κ3) is 5.04. The molecule has 51 heavy (non-hydrogen) atoms. The van der Waals surface area contributed by atoms with Crippen molar-refractivity contribution in [2.24, 2.45) is 0 Å². The van der Waals surface area contributed by atoms with Crippen LogP contribution in [0, 0.1) is 0 Å². The number of fused-ring (bicyclic) bond motifs is 5. The summed E-state index contributed by atoms with van der Waals surface area (Å²) in [6.07, 6.45) is 8.85. The van der Waals surface area contributed by atoms with Gasteiger partial charge in [-0.3, -0.25) is 0 Å². The van der Waals surface area contributed by atoms with E-state index in [1.807, 2.05) is 12.1 Å². The van der Waals surface area contributed by atoms with Crippen LogP contribution in [0.4, 0.5) is 0 Å². The Kier molecular flexibility index (Phi) is 7.09. The van der Waals surface area contributed by atoms with E-state index in [1.54, 1.807) is 0 Å². The van der Waals surface area contributed by atoms with Crippen molar-refractivity contribution >= 4 is 49.6 Å². The maximum absolute atomic E-state index is 5.10. The van der Waals surface area contributed by atoms with Crippen LogP contribution < -0.4 is 10.4 Å². The highest BCUT2D eigenvalue weighted by Gasteiger charge is 2.20. The van der Waals surface area contributed by atoms with E-state index in [0.29, 0.717) is 0 Å². The summed E-state index contributed by atoms with van der Waals surface area (Å²) in [6, 6.07) is 54.2. The lowest BCUT2D eigenvalue weighted by molar-refractivity contribution is 0.926. The largest absolute Gasteiger partial charge is 0.313 e. The van der Waals surface area contributed by atoms with Crippen molar-refractivity contribution in [1.29, 1.82) is 0 Å². The Bertz CT molecular complexity index is 2780. The average molecular weight is 654 g/mol.